The SMILES string of the molecule is CSC[C@H]1O[C@@H](n2cnc3c(N)ncnc32)[C@]2(O)C(C)(C)[C@]12O. The number of nitrogens with zero attached hydrogens (tertiary/aromatic N) is 4. The highest BCUT2D eigenvalue weighted by molar-refractivity contribution is 7.98. The van der Waals surface area contributed by atoms with Gasteiger partial charge in [0.15, 0.2) is 17.7 Å². The third kappa shape index (κ3) is 1.47. The molecule has 8 nitrogen and oxygen atoms in total. The largest absolute Gasteiger partial charge is 0.383 e. The summed E-state index contributed by atoms with van der Waals surface area (Å²) >= 11 is 1.57. The van der Waals surface area contributed by atoms with E-state index in [4.69, 9.17) is 10.5 Å². The summed E-state index contributed by atoms with van der Waals surface area (Å²) in [6.07, 6.45) is 3.56. The number of aromatic nitrogens is 4. The van der Waals surface area contributed by atoms with E-state index in [0.29, 0.717) is 16.9 Å². The third-order valence-electron chi connectivity index (χ3n) is 5.50. The zero-order chi connectivity index (χ0) is 16.6. The van der Waals surface area contributed by atoms with Crippen molar-refractivity contribution in [3.8, 4) is 0 Å². The molecule has 0 aromatic carbocycles. The second-order valence-electron chi connectivity index (χ2n) is 6.67. The number of imidazole rings is 1. The van der Waals surface area contributed by atoms with Crippen LogP contribution in [-0.4, -0.2) is 59.0 Å². The highest BCUT2D eigenvalue weighted by Gasteiger charge is 2.92. The first kappa shape index (κ1) is 15.1. The fraction of sp³-hybridized carbons (Fsp3) is 0.643. The lowest BCUT2D eigenvalue weighted by Crippen LogP contribution is -2.35. The number of thioether (sulfide) groups is 1. The van der Waals surface area contributed by atoms with Crippen LogP contribution in [0.1, 0.15) is 20.1 Å². The molecule has 23 heavy (non-hydrogen) atoms. The van der Waals surface area contributed by atoms with Gasteiger partial charge in [-0.25, -0.2) is 15.0 Å². The summed E-state index contributed by atoms with van der Waals surface area (Å²) in [7, 11) is 0. The molecule has 2 aromatic rings. The molecule has 2 fully saturated rings. The number of aliphatic hydroxyl groups is 2. The summed E-state index contributed by atoms with van der Waals surface area (Å²) in [6, 6.07) is 0. The van der Waals surface area contributed by atoms with Crippen LogP contribution in [0.2, 0.25) is 0 Å². The van der Waals surface area contributed by atoms with Gasteiger partial charge in [-0.15, -0.1) is 0 Å². The van der Waals surface area contributed by atoms with Crippen molar-refractivity contribution in [2.24, 2.45) is 5.41 Å². The normalized spacial score (nSPS) is 38.0. The predicted octanol–water partition coefficient (Wildman–Crippen LogP) is 0.171. The minimum atomic E-state index is -1.41. The summed E-state index contributed by atoms with van der Waals surface area (Å²) in [6.45, 7) is 3.69. The van der Waals surface area contributed by atoms with Crippen molar-refractivity contribution in [2.75, 3.05) is 17.7 Å². The maximum atomic E-state index is 11.2. The Morgan fingerprint density at radius 2 is 2.04 bits per heavy atom. The molecule has 0 radical (unpaired) electrons. The van der Waals surface area contributed by atoms with E-state index >= 15 is 0 Å². The second kappa shape index (κ2) is 4.35. The quantitative estimate of drug-likeness (QED) is 0.725. The molecule has 3 heterocycles. The fourth-order valence-electron chi connectivity index (χ4n) is 4.01. The van der Waals surface area contributed by atoms with E-state index in [9.17, 15) is 10.2 Å². The van der Waals surface area contributed by atoms with E-state index in [-0.39, 0.29) is 5.82 Å². The number of nitrogen functional groups attached to an aromatic ring is 1. The molecule has 1 saturated carbocycles. The molecule has 0 unspecified atom stereocenters. The molecule has 1 saturated heterocycles. The average molecular weight is 337 g/mol. The van der Waals surface area contributed by atoms with Gasteiger partial charge in [-0.2, -0.15) is 11.8 Å². The number of anilines is 1. The van der Waals surface area contributed by atoms with Gasteiger partial charge < -0.3 is 20.7 Å². The second-order valence-corrected chi connectivity index (χ2v) is 7.58. The van der Waals surface area contributed by atoms with Crippen molar-refractivity contribution in [2.45, 2.75) is 37.4 Å². The van der Waals surface area contributed by atoms with E-state index < -0.39 is 28.9 Å². The lowest BCUT2D eigenvalue weighted by Gasteiger charge is -2.27. The average Bonchev–Trinajstić information content (AvgIpc) is 2.87. The van der Waals surface area contributed by atoms with Crippen molar-refractivity contribution in [1.29, 1.82) is 0 Å². The molecule has 4 rings (SSSR count). The van der Waals surface area contributed by atoms with E-state index in [1.807, 2.05) is 20.1 Å². The van der Waals surface area contributed by atoms with E-state index in [1.165, 1.54) is 12.7 Å². The first-order chi connectivity index (χ1) is 10.8. The Kier molecular flexibility index (Phi) is 2.86. The topological polar surface area (TPSA) is 119 Å². The van der Waals surface area contributed by atoms with Gasteiger partial charge in [-0.3, -0.25) is 4.57 Å². The molecular formula is C14H19N5O3S. The number of hydrogen-bond donors (Lipinski definition) is 3. The lowest BCUT2D eigenvalue weighted by molar-refractivity contribution is -0.103. The van der Waals surface area contributed by atoms with Gasteiger partial charge >= 0.3 is 0 Å². The van der Waals surface area contributed by atoms with Gasteiger partial charge in [-0.05, 0) is 6.26 Å². The Morgan fingerprint density at radius 3 is 2.74 bits per heavy atom. The van der Waals surface area contributed by atoms with Crippen LogP contribution in [0.15, 0.2) is 12.7 Å². The van der Waals surface area contributed by atoms with Crippen molar-refractivity contribution >= 4 is 28.7 Å². The monoisotopic (exact) mass is 337 g/mol. The molecule has 4 N–H and O–H groups in total. The molecule has 2 aliphatic rings. The third-order valence-corrected chi connectivity index (χ3v) is 6.13. The van der Waals surface area contributed by atoms with Crippen LogP contribution >= 0.6 is 11.8 Å². The number of nitrogens with two attached hydrogens (primary N) is 1. The Morgan fingerprint density at radius 1 is 1.30 bits per heavy atom. The number of rotatable bonds is 3. The van der Waals surface area contributed by atoms with Gasteiger partial charge in [0.05, 0.1) is 6.33 Å². The smallest absolute Gasteiger partial charge is 0.169 e. The van der Waals surface area contributed by atoms with Crippen molar-refractivity contribution in [1.82, 2.24) is 19.5 Å². The Balaban J connectivity index is 1.85. The summed E-state index contributed by atoms with van der Waals surface area (Å²) in [5.41, 5.74) is 3.34. The van der Waals surface area contributed by atoms with Gasteiger partial charge in [-0.1, -0.05) is 13.8 Å². The van der Waals surface area contributed by atoms with Crippen LogP contribution < -0.4 is 5.73 Å². The summed E-state index contributed by atoms with van der Waals surface area (Å²) in [4.78, 5) is 12.3. The Bertz CT molecular complexity index is 796. The van der Waals surface area contributed by atoms with Crippen LogP contribution in [0.4, 0.5) is 5.82 Å². The van der Waals surface area contributed by atoms with Crippen LogP contribution in [0.3, 0.4) is 0 Å². The highest BCUT2D eigenvalue weighted by Crippen LogP contribution is 2.75. The van der Waals surface area contributed by atoms with Crippen LogP contribution in [0.25, 0.3) is 11.2 Å². The zero-order valence-electron chi connectivity index (χ0n) is 13.1. The maximum absolute atomic E-state index is 11.2. The van der Waals surface area contributed by atoms with Gasteiger partial charge in [0, 0.05) is 11.2 Å². The van der Waals surface area contributed by atoms with Crippen LogP contribution in [-0.2, 0) is 4.74 Å². The minimum absolute atomic E-state index is 0.268. The predicted molar refractivity (Wildman–Crippen MR) is 85.7 cm³/mol. The molecule has 2 aromatic heterocycles. The van der Waals surface area contributed by atoms with Gasteiger partial charge in [0.1, 0.15) is 29.2 Å². The molecule has 1 aliphatic carbocycles. The van der Waals surface area contributed by atoms with E-state index in [1.54, 1.807) is 16.3 Å². The standard InChI is InChI=1S/C14H19N5O3S/c1-12(2)13(20)7(4-23-3)22-11(14(12,13)21)19-6-18-8-9(15)16-5-17-10(8)19/h5-7,11,20-21H,4H2,1-3H3,(H2,15,16,17)/t7-,11-,13-,14+/m1/s1. The first-order valence-electron chi connectivity index (χ1n) is 7.33. The molecule has 124 valence electrons. The highest BCUT2D eigenvalue weighted by atomic mass is 32.2. The van der Waals surface area contributed by atoms with E-state index in [0.717, 1.165) is 0 Å². The van der Waals surface area contributed by atoms with E-state index in [2.05, 4.69) is 15.0 Å². The Labute approximate surface area is 137 Å². The van der Waals surface area contributed by atoms with Crippen molar-refractivity contribution < 1.29 is 14.9 Å². The number of hydrogen-bond acceptors (Lipinski definition) is 8. The Hall–Kier alpha value is -1.42. The lowest BCUT2D eigenvalue weighted by atomic mass is 10.0. The van der Waals surface area contributed by atoms with Crippen LogP contribution in [0, 0.1) is 5.41 Å². The first-order valence-corrected chi connectivity index (χ1v) is 8.72. The number of ether oxygens (including phenoxy) is 1. The molecule has 9 heteroatoms. The molecule has 1 aliphatic heterocycles. The van der Waals surface area contributed by atoms with Gasteiger partial charge in [0.25, 0.3) is 0 Å². The van der Waals surface area contributed by atoms with Crippen molar-refractivity contribution in [3.63, 3.8) is 0 Å². The summed E-state index contributed by atoms with van der Waals surface area (Å²) in [5.74, 6) is 0.854. The van der Waals surface area contributed by atoms with Crippen LogP contribution in [0.5, 0.6) is 0 Å². The maximum Gasteiger partial charge on any atom is 0.169 e. The molecule has 4 atom stereocenters. The molecule has 0 spiro atoms. The minimum Gasteiger partial charge on any atom is -0.383 e. The van der Waals surface area contributed by atoms with Crippen molar-refractivity contribution in [3.05, 3.63) is 12.7 Å². The molecule has 0 bridgehead atoms. The number of fused-ring (bicyclic) bond motifs is 2. The molecule has 0 amide bonds. The summed E-state index contributed by atoms with van der Waals surface area (Å²) in [5, 5.41) is 22.3. The zero-order valence-corrected chi connectivity index (χ0v) is 13.9. The molecular weight excluding hydrogens is 318 g/mol. The van der Waals surface area contributed by atoms with Gasteiger partial charge in [0.2, 0.25) is 0 Å². The fourth-order valence-corrected chi connectivity index (χ4v) is 4.64. The summed E-state index contributed by atoms with van der Waals surface area (Å²) < 4.78 is 7.63.